The molecule has 1 aliphatic heterocycles. The van der Waals surface area contributed by atoms with Gasteiger partial charge in [0.15, 0.2) is 0 Å². The first-order chi connectivity index (χ1) is 13.9. The Labute approximate surface area is 170 Å². The Bertz CT molecular complexity index is 1090. The summed E-state index contributed by atoms with van der Waals surface area (Å²) in [5, 5.41) is 5.93. The van der Waals surface area contributed by atoms with Crippen LogP contribution in [-0.4, -0.2) is 53.9 Å². The Balaban J connectivity index is 1.44. The minimum atomic E-state index is -4.11. The number of piperazine rings is 1. The van der Waals surface area contributed by atoms with Crippen LogP contribution in [0.25, 0.3) is 10.7 Å². The highest BCUT2D eigenvalue weighted by Gasteiger charge is 2.33. The number of thiophene rings is 1. The van der Waals surface area contributed by atoms with Crippen LogP contribution in [0.5, 0.6) is 0 Å². The zero-order chi connectivity index (χ0) is 20.6. The van der Waals surface area contributed by atoms with Crippen LogP contribution >= 0.6 is 11.3 Å². The minimum Gasteiger partial charge on any atom is -0.337 e. The molecule has 2 aromatic heterocycles. The second kappa shape index (κ2) is 7.90. The summed E-state index contributed by atoms with van der Waals surface area (Å²) in [7, 11) is -4.11. The molecule has 1 aliphatic rings. The van der Waals surface area contributed by atoms with Gasteiger partial charge in [-0.25, -0.2) is 17.2 Å². The largest absolute Gasteiger partial charge is 0.337 e. The van der Waals surface area contributed by atoms with Gasteiger partial charge in [0, 0.05) is 26.2 Å². The first-order valence-corrected chi connectivity index (χ1v) is 11.2. The van der Waals surface area contributed by atoms with Crippen molar-refractivity contribution in [2.24, 2.45) is 0 Å². The van der Waals surface area contributed by atoms with Crippen molar-refractivity contribution in [2.45, 2.75) is 17.9 Å². The van der Waals surface area contributed by atoms with Crippen LogP contribution in [0.15, 0.2) is 45.1 Å². The lowest BCUT2D eigenvalue weighted by molar-refractivity contribution is 0.124. The van der Waals surface area contributed by atoms with Gasteiger partial charge in [0.2, 0.25) is 21.7 Å². The molecule has 0 saturated carbocycles. The molecule has 3 heterocycles. The SMILES string of the molecule is CC(c1nc(-c2cccs2)no1)N1CCN(S(=O)(=O)c2cc(F)ccc2F)CC1. The molecule has 154 valence electrons. The fourth-order valence-electron chi connectivity index (χ4n) is 3.21. The van der Waals surface area contributed by atoms with Crippen LogP contribution in [0.2, 0.25) is 0 Å². The van der Waals surface area contributed by atoms with E-state index >= 15 is 0 Å². The highest BCUT2D eigenvalue weighted by atomic mass is 32.2. The Morgan fingerprint density at radius 3 is 2.62 bits per heavy atom. The van der Waals surface area contributed by atoms with Crippen LogP contribution < -0.4 is 0 Å². The van der Waals surface area contributed by atoms with E-state index in [-0.39, 0.29) is 19.1 Å². The maximum absolute atomic E-state index is 14.0. The Hall–Kier alpha value is -2.21. The standard InChI is InChI=1S/C18H18F2N4O3S2/c1-12(18-21-17(22-27-18)15-3-2-10-28-15)23-6-8-24(9-7-23)29(25,26)16-11-13(19)4-5-14(16)20/h2-5,10-12H,6-9H2,1H3. The van der Waals surface area contributed by atoms with Gasteiger partial charge in [0.25, 0.3) is 0 Å². The summed E-state index contributed by atoms with van der Waals surface area (Å²) in [6.07, 6.45) is 0. The molecular weight excluding hydrogens is 422 g/mol. The van der Waals surface area contributed by atoms with Crippen molar-refractivity contribution in [3.8, 4) is 10.7 Å². The van der Waals surface area contributed by atoms with Crippen molar-refractivity contribution in [3.63, 3.8) is 0 Å². The fourth-order valence-corrected chi connectivity index (χ4v) is 5.36. The number of rotatable bonds is 5. The Morgan fingerprint density at radius 2 is 1.93 bits per heavy atom. The minimum absolute atomic E-state index is 0.147. The Morgan fingerprint density at radius 1 is 1.17 bits per heavy atom. The molecule has 1 saturated heterocycles. The zero-order valence-electron chi connectivity index (χ0n) is 15.5. The number of sulfonamides is 1. The smallest absolute Gasteiger partial charge is 0.246 e. The fraction of sp³-hybridized carbons (Fsp3) is 0.333. The van der Waals surface area contributed by atoms with Gasteiger partial charge in [0.05, 0.1) is 10.9 Å². The third-order valence-electron chi connectivity index (χ3n) is 4.87. The second-order valence-corrected chi connectivity index (χ2v) is 9.48. The van der Waals surface area contributed by atoms with Crippen molar-refractivity contribution in [1.29, 1.82) is 0 Å². The molecule has 7 nitrogen and oxygen atoms in total. The molecular formula is C18H18F2N4O3S2. The molecule has 1 atom stereocenters. The van der Waals surface area contributed by atoms with Gasteiger partial charge < -0.3 is 4.52 Å². The molecule has 0 spiro atoms. The lowest BCUT2D eigenvalue weighted by Crippen LogP contribution is -2.49. The van der Waals surface area contributed by atoms with E-state index in [0.29, 0.717) is 30.9 Å². The third kappa shape index (κ3) is 3.95. The lowest BCUT2D eigenvalue weighted by atomic mass is 10.2. The molecule has 0 aliphatic carbocycles. The summed E-state index contributed by atoms with van der Waals surface area (Å²) < 4.78 is 59.3. The van der Waals surface area contributed by atoms with Gasteiger partial charge in [-0.05, 0) is 36.6 Å². The summed E-state index contributed by atoms with van der Waals surface area (Å²) in [4.78, 5) is 6.71. The zero-order valence-corrected chi connectivity index (χ0v) is 17.1. The molecule has 3 aromatic rings. The van der Waals surface area contributed by atoms with E-state index in [4.69, 9.17) is 4.52 Å². The topological polar surface area (TPSA) is 79.5 Å². The predicted octanol–water partition coefficient (Wildman–Crippen LogP) is 3.14. The van der Waals surface area contributed by atoms with E-state index in [9.17, 15) is 17.2 Å². The van der Waals surface area contributed by atoms with Crippen molar-refractivity contribution < 1.29 is 21.7 Å². The molecule has 4 rings (SSSR count). The van der Waals surface area contributed by atoms with Crippen molar-refractivity contribution in [3.05, 3.63) is 53.2 Å². The molecule has 1 unspecified atom stereocenters. The number of benzene rings is 1. The van der Waals surface area contributed by atoms with Crippen molar-refractivity contribution in [2.75, 3.05) is 26.2 Å². The summed E-state index contributed by atoms with van der Waals surface area (Å²) >= 11 is 1.51. The molecule has 0 radical (unpaired) electrons. The quantitative estimate of drug-likeness (QED) is 0.607. The monoisotopic (exact) mass is 440 g/mol. The van der Waals surface area contributed by atoms with Gasteiger partial charge in [-0.1, -0.05) is 11.2 Å². The van der Waals surface area contributed by atoms with E-state index in [2.05, 4.69) is 10.1 Å². The maximum Gasteiger partial charge on any atom is 0.246 e. The van der Waals surface area contributed by atoms with Crippen LogP contribution in [-0.2, 0) is 10.0 Å². The number of aromatic nitrogens is 2. The van der Waals surface area contributed by atoms with Gasteiger partial charge in [-0.2, -0.15) is 9.29 Å². The number of nitrogens with zero attached hydrogens (tertiary/aromatic N) is 4. The van der Waals surface area contributed by atoms with E-state index in [1.807, 2.05) is 29.3 Å². The van der Waals surface area contributed by atoms with Gasteiger partial charge in [0.1, 0.15) is 16.5 Å². The van der Waals surface area contributed by atoms with Crippen molar-refractivity contribution in [1.82, 2.24) is 19.3 Å². The molecule has 1 fully saturated rings. The summed E-state index contributed by atoms with van der Waals surface area (Å²) in [6.45, 7) is 2.99. The van der Waals surface area contributed by atoms with Crippen LogP contribution in [0, 0.1) is 11.6 Å². The summed E-state index contributed by atoms with van der Waals surface area (Å²) in [5.74, 6) is -0.796. The van der Waals surface area contributed by atoms with Gasteiger partial charge >= 0.3 is 0 Å². The summed E-state index contributed by atoms with van der Waals surface area (Å²) in [5.41, 5.74) is 0. The van der Waals surface area contributed by atoms with E-state index in [1.54, 1.807) is 0 Å². The molecule has 0 bridgehead atoms. The van der Waals surface area contributed by atoms with E-state index in [1.165, 1.54) is 15.6 Å². The van der Waals surface area contributed by atoms with Crippen LogP contribution in [0.1, 0.15) is 18.9 Å². The lowest BCUT2D eigenvalue weighted by Gasteiger charge is -2.36. The normalized spacial score (nSPS) is 17.5. The van der Waals surface area contributed by atoms with Gasteiger partial charge in [-0.3, -0.25) is 4.90 Å². The summed E-state index contributed by atoms with van der Waals surface area (Å²) in [6, 6.07) is 6.03. The molecule has 1 aromatic carbocycles. The van der Waals surface area contributed by atoms with Crippen LogP contribution in [0.4, 0.5) is 8.78 Å². The third-order valence-corrected chi connectivity index (χ3v) is 7.65. The second-order valence-electron chi connectivity index (χ2n) is 6.62. The highest BCUT2D eigenvalue weighted by Crippen LogP contribution is 2.27. The first kappa shape index (κ1) is 20.1. The molecule has 0 N–H and O–H groups in total. The number of halogens is 2. The number of hydrogen-bond donors (Lipinski definition) is 0. The van der Waals surface area contributed by atoms with Crippen molar-refractivity contribution >= 4 is 21.4 Å². The van der Waals surface area contributed by atoms with Crippen LogP contribution in [0.3, 0.4) is 0 Å². The molecule has 11 heteroatoms. The van der Waals surface area contributed by atoms with Gasteiger partial charge in [-0.15, -0.1) is 11.3 Å². The molecule has 29 heavy (non-hydrogen) atoms. The van der Waals surface area contributed by atoms with E-state index < -0.39 is 26.6 Å². The number of hydrogen-bond acceptors (Lipinski definition) is 7. The average molecular weight is 440 g/mol. The maximum atomic E-state index is 14.0. The first-order valence-electron chi connectivity index (χ1n) is 8.93. The Kier molecular flexibility index (Phi) is 5.47. The molecule has 0 amide bonds. The predicted molar refractivity (Wildman–Crippen MR) is 103 cm³/mol. The van der Waals surface area contributed by atoms with E-state index in [0.717, 1.165) is 17.0 Å². The highest BCUT2D eigenvalue weighted by molar-refractivity contribution is 7.89. The average Bonchev–Trinajstić information content (AvgIpc) is 3.41.